The molecule has 1 atom stereocenters. The second kappa shape index (κ2) is 7.70. The lowest BCUT2D eigenvalue weighted by Gasteiger charge is -2.15. The lowest BCUT2D eigenvalue weighted by molar-refractivity contribution is 0.339. The van der Waals surface area contributed by atoms with Gasteiger partial charge < -0.3 is 9.64 Å². The van der Waals surface area contributed by atoms with Crippen molar-refractivity contribution >= 4 is 0 Å². The molecule has 0 aliphatic heterocycles. The average molecular weight is 247 g/mol. The molecule has 0 amide bonds. The van der Waals surface area contributed by atoms with E-state index in [1.165, 1.54) is 0 Å². The number of nitrogens with zero attached hydrogens (tertiary/aromatic N) is 2. The molecule has 0 aliphatic rings. The largest absolute Gasteiger partial charge is 0.494 e. The maximum Gasteiger partial charge on any atom is 0.121 e. The van der Waals surface area contributed by atoms with Crippen LogP contribution in [0.4, 0.5) is 0 Å². The van der Waals surface area contributed by atoms with Gasteiger partial charge in [-0.3, -0.25) is 5.32 Å². The second-order valence-corrected chi connectivity index (χ2v) is 4.33. The van der Waals surface area contributed by atoms with Crippen LogP contribution in [0.1, 0.15) is 18.5 Å². The highest BCUT2D eigenvalue weighted by Gasteiger charge is 2.10. The van der Waals surface area contributed by atoms with E-state index in [-0.39, 0.29) is 6.04 Å². The van der Waals surface area contributed by atoms with E-state index in [0.29, 0.717) is 6.61 Å². The molecule has 0 aliphatic carbocycles. The fraction of sp³-hybridized carbons (Fsp3) is 0.500. The maximum atomic E-state index is 9.20. The van der Waals surface area contributed by atoms with Crippen molar-refractivity contribution in [2.75, 3.05) is 33.8 Å². The van der Waals surface area contributed by atoms with Crippen molar-refractivity contribution in [1.29, 1.82) is 5.26 Å². The molecule has 0 bridgehead atoms. The summed E-state index contributed by atoms with van der Waals surface area (Å²) in [6, 6.07) is 9.67. The van der Waals surface area contributed by atoms with Crippen LogP contribution in [-0.4, -0.2) is 38.7 Å². The lowest BCUT2D eigenvalue weighted by Crippen LogP contribution is -2.29. The Hall–Kier alpha value is -1.57. The van der Waals surface area contributed by atoms with Crippen LogP contribution in [0.5, 0.6) is 5.75 Å². The normalized spacial score (nSPS) is 12.2. The molecule has 0 radical (unpaired) electrons. The van der Waals surface area contributed by atoms with Crippen LogP contribution < -0.4 is 10.1 Å². The average Bonchev–Trinajstić information content (AvgIpc) is 2.35. The number of nitriles is 1. The van der Waals surface area contributed by atoms with Crippen molar-refractivity contribution in [2.45, 2.75) is 13.0 Å². The minimum atomic E-state index is -0.287. The van der Waals surface area contributed by atoms with Crippen LogP contribution in [0.2, 0.25) is 0 Å². The number of ether oxygens (including phenoxy) is 1. The molecule has 0 heterocycles. The van der Waals surface area contributed by atoms with Gasteiger partial charge in [-0.1, -0.05) is 12.1 Å². The van der Waals surface area contributed by atoms with Gasteiger partial charge in [0.25, 0.3) is 0 Å². The first kappa shape index (κ1) is 14.5. The Morgan fingerprint density at radius 1 is 1.44 bits per heavy atom. The zero-order valence-corrected chi connectivity index (χ0v) is 11.3. The van der Waals surface area contributed by atoms with Crippen molar-refractivity contribution < 1.29 is 4.74 Å². The smallest absolute Gasteiger partial charge is 0.121 e. The van der Waals surface area contributed by atoms with Crippen LogP contribution >= 0.6 is 0 Å². The van der Waals surface area contributed by atoms with Crippen LogP contribution in [0.15, 0.2) is 24.3 Å². The monoisotopic (exact) mass is 247 g/mol. The Morgan fingerprint density at radius 2 is 2.22 bits per heavy atom. The Labute approximate surface area is 109 Å². The Kier molecular flexibility index (Phi) is 6.20. The molecule has 0 aromatic heterocycles. The van der Waals surface area contributed by atoms with E-state index in [9.17, 15) is 5.26 Å². The van der Waals surface area contributed by atoms with Gasteiger partial charge in [-0.05, 0) is 38.7 Å². The van der Waals surface area contributed by atoms with Crippen LogP contribution in [0.3, 0.4) is 0 Å². The number of hydrogen-bond acceptors (Lipinski definition) is 4. The predicted molar refractivity (Wildman–Crippen MR) is 72.5 cm³/mol. The van der Waals surface area contributed by atoms with Gasteiger partial charge in [0.15, 0.2) is 0 Å². The van der Waals surface area contributed by atoms with Crippen molar-refractivity contribution in [3.63, 3.8) is 0 Å². The van der Waals surface area contributed by atoms with E-state index in [1.807, 2.05) is 45.3 Å². The molecular weight excluding hydrogens is 226 g/mol. The molecule has 0 saturated carbocycles. The molecule has 0 saturated heterocycles. The topological polar surface area (TPSA) is 48.3 Å². The third-order valence-corrected chi connectivity index (χ3v) is 2.54. The molecule has 1 N–H and O–H groups in total. The Balaban J connectivity index is 2.64. The number of likely N-dealkylation sites (N-methyl/N-ethyl adjacent to an activating group) is 1. The molecular formula is C14H21N3O. The number of nitrogens with one attached hydrogen (secondary N) is 1. The van der Waals surface area contributed by atoms with Crippen LogP contribution in [-0.2, 0) is 0 Å². The summed E-state index contributed by atoms with van der Waals surface area (Å²) in [7, 11) is 4.03. The second-order valence-electron chi connectivity index (χ2n) is 4.33. The summed E-state index contributed by atoms with van der Waals surface area (Å²) in [6.07, 6.45) is 0. The summed E-state index contributed by atoms with van der Waals surface area (Å²) in [5, 5.41) is 12.4. The van der Waals surface area contributed by atoms with Crippen LogP contribution in [0, 0.1) is 11.3 Å². The van der Waals surface area contributed by atoms with E-state index in [1.54, 1.807) is 0 Å². The number of benzene rings is 1. The van der Waals surface area contributed by atoms with Crippen molar-refractivity contribution in [2.24, 2.45) is 0 Å². The number of rotatable bonds is 7. The first-order chi connectivity index (χ1) is 8.67. The minimum absolute atomic E-state index is 0.287. The summed E-state index contributed by atoms with van der Waals surface area (Å²) in [5.41, 5.74) is 0.946. The van der Waals surface area contributed by atoms with E-state index < -0.39 is 0 Å². The minimum Gasteiger partial charge on any atom is -0.494 e. The quantitative estimate of drug-likeness (QED) is 0.798. The highest BCUT2D eigenvalue weighted by molar-refractivity contribution is 5.33. The fourth-order valence-electron chi connectivity index (χ4n) is 1.62. The van der Waals surface area contributed by atoms with E-state index in [0.717, 1.165) is 24.4 Å². The van der Waals surface area contributed by atoms with Gasteiger partial charge in [-0.25, -0.2) is 0 Å². The molecule has 98 valence electrons. The molecule has 18 heavy (non-hydrogen) atoms. The van der Waals surface area contributed by atoms with E-state index >= 15 is 0 Å². The third-order valence-electron chi connectivity index (χ3n) is 2.54. The molecule has 1 aromatic rings. The number of hydrogen-bond donors (Lipinski definition) is 1. The van der Waals surface area contributed by atoms with Crippen molar-refractivity contribution in [3.8, 4) is 11.8 Å². The van der Waals surface area contributed by atoms with Crippen molar-refractivity contribution in [1.82, 2.24) is 10.2 Å². The van der Waals surface area contributed by atoms with Gasteiger partial charge in [-0.2, -0.15) is 5.26 Å². The first-order valence-corrected chi connectivity index (χ1v) is 6.18. The molecule has 4 heteroatoms. The van der Waals surface area contributed by atoms with E-state index in [4.69, 9.17) is 4.74 Å². The highest BCUT2D eigenvalue weighted by Crippen LogP contribution is 2.18. The molecule has 4 nitrogen and oxygen atoms in total. The molecule has 1 unspecified atom stereocenters. The van der Waals surface area contributed by atoms with E-state index in [2.05, 4.69) is 16.3 Å². The van der Waals surface area contributed by atoms with Gasteiger partial charge >= 0.3 is 0 Å². The zero-order chi connectivity index (χ0) is 13.4. The van der Waals surface area contributed by atoms with Crippen LogP contribution in [0.25, 0.3) is 0 Å². The Bertz CT molecular complexity index is 398. The standard InChI is InChI=1S/C14H21N3O/c1-4-18-13-7-5-6-12(10-13)14(11-15)16-8-9-17(2)3/h5-7,10,14,16H,4,8-9H2,1-3H3. The van der Waals surface area contributed by atoms with Gasteiger partial charge in [0.2, 0.25) is 0 Å². The summed E-state index contributed by atoms with van der Waals surface area (Å²) in [5.74, 6) is 0.810. The van der Waals surface area contributed by atoms with Gasteiger partial charge in [-0.15, -0.1) is 0 Å². The van der Waals surface area contributed by atoms with Crippen molar-refractivity contribution in [3.05, 3.63) is 29.8 Å². The lowest BCUT2D eigenvalue weighted by atomic mass is 10.1. The molecule has 1 rings (SSSR count). The third kappa shape index (κ3) is 4.74. The molecule has 0 fully saturated rings. The SMILES string of the molecule is CCOc1cccc(C(C#N)NCCN(C)C)c1. The summed E-state index contributed by atoms with van der Waals surface area (Å²) < 4.78 is 5.44. The van der Waals surface area contributed by atoms with Gasteiger partial charge in [0.05, 0.1) is 12.7 Å². The molecule has 0 spiro atoms. The highest BCUT2D eigenvalue weighted by atomic mass is 16.5. The summed E-state index contributed by atoms with van der Waals surface area (Å²) >= 11 is 0. The van der Waals surface area contributed by atoms with Gasteiger partial charge in [0, 0.05) is 13.1 Å². The first-order valence-electron chi connectivity index (χ1n) is 6.18. The summed E-state index contributed by atoms with van der Waals surface area (Å²) in [6.45, 7) is 4.27. The predicted octanol–water partition coefficient (Wildman–Crippen LogP) is 1.80. The maximum absolute atomic E-state index is 9.20. The fourth-order valence-corrected chi connectivity index (χ4v) is 1.62. The zero-order valence-electron chi connectivity index (χ0n) is 11.3. The van der Waals surface area contributed by atoms with Gasteiger partial charge in [0.1, 0.15) is 11.8 Å². The Morgan fingerprint density at radius 3 is 2.83 bits per heavy atom. The molecule has 1 aromatic carbocycles. The summed E-state index contributed by atoms with van der Waals surface area (Å²) in [4.78, 5) is 2.08.